The van der Waals surface area contributed by atoms with E-state index in [2.05, 4.69) is 13.8 Å². The first-order chi connectivity index (χ1) is 11.2. The first kappa shape index (κ1) is 17.7. The van der Waals surface area contributed by atoms with Crippen LogP contribution in [0.2, 0.25) is 0 Å². The van der Waals surface area contributed by atoms with Crippen LogP contribution in [0, 0.1) is 29.6 Å². The molecule has 0 amide bonds. The topological polar surface area (TPSA) is 18.5 Å². The Hall–Kier alpha value is -0.0800. The Morgan fingerprint density at radius 3 is 1.96 bits per heavy atom. The third kappa shape index (κ3) is 4.95. The van der Waals surface area contributed by atoms with Crippen LogP contribution in [-0.4, -0.2) is 19.5 Å². The molecule has 1 aliphatic heterocycles. The van der Waals surface area contributed by atoms with E-state index in [0.29, 0.717) is 5.92 Å². The van der Waals surface area contributed by atoms with Gasteiger partial charge < -0.3 is 9.47 Å². The molecule has 0 radical (unpaired) electrons. The first-order valence-electron chi connectivity index (χ1n) is 10.5. The van der Waals surface area contributed by atoms with Gasteiger partial charge in [0.15, 0.2) is 6.29 Å². The predicted octanol–water partition coefficient (Wildman–Crippen LogP) is 5.80. The summed E-state index contributed by atoms with van der Waals surface area (Å²) in [6, 6.07) is 0. The Balaban J connectivity index is 1.60. The minimum absolute atomic E-state index is 0.103. The fraction of sp³-hybridized carbons (Fsp3) is 1.00. The largest absolute Gasteiger partial charge is 0.352 e. The van der Waals surface area contributed by atoms with Crippen molar-refractivity contribution in [2.45, 2.75) is 90.8 Å². The van der Waals surface area contributed by atoms with E-state index in [4.69, 9.17) is 9.47 Å². The van der Waals surface area contributed by atoms with Gasteiger partial charge in [0, 0.05) is 5.92 Å². The second-order valence-electron chi connectivity index (χ2n) is 8.79. The van der Waals surface area contributed by atoms with Gasteiger partial charge >= 0.3 is 0 Å². The van der Waals surface area contributed by atoms with Gasteiger partial charge in [-0.1, -0.05) is 46.0 Å². The number of rotatable bonds is 5. The highest BCUT2D eigenvalue weighted by atomic mass is 16.7. The predicted molar refractivity (Wildman–Crippen MR) is 95.3 cm³/mol. The summed E-state index contributed by atoms with van der Waals surface area (Å²) in [5.74, 6) is 4.25. The summed E-state index contributed by atoms with van der Waals surface area (Å²) in [6.07, 6.45) is 15.5. The molecule has 0 bridgehead atoms. The maximum absolute atomic E-state index is 6.09. The lowest BCUT2D eigenvalue weighted by molar-refractivity contribution is -0.219. The van der Waals surface area contributed by atoms with E-state index in [-0.39, 0.29) is 6.29 Å². The molecule has 0 N–H and O–H groups in total. The summed E-state index contributed by atoms with van der Waals surface area (Å²) in [6.45, 7) is 6.62. The van der Waals surface area contributed by atoms with Crippen LogP contribution in [0.15, 0.2) is 0 Å². The van der Waals surface area contributed by atoms with E-state index in [0.717, 1.165) is 43.3 Å². The molecule has 1 atom stereocenters. The molecule has 2 heteroatoms. The standard InChI is InChI=1S/C21H38O2/c1-16(2)18-9-11-19(12-10-18)20(21-22-13-6-14-23-21)15-17-7-4-3-5-8-17/h16-21H,3-15H2,1-2H3. The first-order valence-corrected chi connectivity index (χ1v) is 10.5. The van der Waals surface area contributed by atoms with E-state index in [1.165, 1.54) is 64.2 Å². The Morgan fingerprint density at radius 1 is 0.739 bits per heavy atom. The SMILES string of the molecule is CC(C)C1CCC(C(CC2CCCCC2)C2OCCCO2)CC1. The quantitative estimate of drug-likeness (QED) is 0.637. The second-order valence-corrected chi connectivity index (χ2v) is 8.79. The maximum Gasteiger partial charge on any atom is 0.160 e. The summed E-state index contributed by atoms with van der Waals surface area (Å²) in [5.41, 5.74) is 0. The molecule has 23 heavy (non-hydrogen) atoms. The van der Waals surface area contributed by atoms with Gasteiger partial charge in [0.05, 0.1) is 13.2 Å². The van der Waals surface area contributed by atoms with Gasteiger partial charge in [0.2, 0.25) is 0 Å². The Kier molecular flexibility index (Phi) is 6.83. The number of hydrogen-bond acceptors (Lipinski definition) is 2. The van der Waals surface area contributed by atoms with Crippen molar-refractivity contribution in [2.24, 2.45) is 29.6 Å². The minimum atomic E-state index is 0.103. The van der Waals surface area contributed by atoms with Crippen LogP contribution in [0.4, 0.5) is 0 Å². The van der Waals surface area contributed by atoms with Gasteiger partial charge in [-0.25, -0.2) is 0 Å². The van der Waals surface area contributed by atoms with Gasteiger partial charge in [0.1, 0.15) is 0 Å². The second kappa shape index (κ2) is 8.85. The van der Waals surface area contributed by atoms with Crippen LogP contribution in [-0.2, 0) is 9.47 Å². The zero-order chi connectivity index (χ0) is 16.1. The van der Waals surface area contributed by atoms with Crippen molar-refractivity contribution in [1.29, 1.82) is 0 Å². The van der Waals surface area contributed by atoms with Crippen molar-refractivity contribution in [3.8, 4) is 0 Å². The molecule has 134 valence electrons. The average molecular weight is 323 g/mol. The molecule has 1 heterocycles. The highest BCUT2D eigenvalue weighted by molar-refractivity contribution is 4.83. The van der Waals surface area contributed by atoms with Gasteiger partial charge in [-0.2, -0.15) is 0 Å². The van der Waals surface area contributed by atoms with Crippen molar-refractivity contribution in [2.75, 3.05) is 13.2 Å². The highest BCUT2D eigenvalue weighted by Gasteiger charge is 2.37. The van der Waals surface area contributed by atoms with Gasteiger partial charge in [-0.05, 0) is 62.2 Å². The zero-order valence-corrected chi connectivity index (χ0v) is 15.5. The van der Waals surface area contributed by atoms with Crippen LogP contribution >= 0.6 is 0 Å². The highest BCUT2D eigenvalue weighted by Crippen LogP contribution is 2.43. The van der Waals surface area contributed by atoms with Crippen LogP contribution in [0.3, 0.4) is 0 Å². The molecule has 0 spiro atoms. The smallest absolute Gasteiger partial charge is 0.160 e. The summed E-state index contributed by atoms with van der Waals surface area (Å²) in [5, 5.41) is 0. The van der Waals surface area contributed by atoms with Crippen molar-refractivity contribution in [3.63, 3.8) is 0 Å². The normalized spacial score (nSPS) is 33.0. The fourth-order valence-corrected chi connectivity index (χ4v) is 5.33. The lowest BCUT2D eigenvalue weighted by atomic mass is 9.69. The van der Waals surface area contributed by atoms with Crippen molar-refractivity contribution in [1.82, 2.24) is 0 Å². The van der Waals surface area contributed by atoms with Gasteiger partial charge in [-0.15, -0.1) is 0 Å². The van der Waals surface area contributed by atoms with Crippen LogP contribution < -0.4 is 0 Å². The zero-order valence-electron chi connectivity index (χ0n) is 15.5. The third-order valence-electron chi connectivity index (χ3n) is 6.90. The molecule has 0 aromatic rings. The van der Waals surface area contributed by atoms with E-state index in [9.17, 15) is 0 Å². The van der Waals surface area contributed by atoms with Crippen molar-refractivity contribution < 1.29 is 9.47 Å². The van der Waals surface area contributed by atoms with Crippen LogP contribution in [0.25, 0.3) is 0 Å². The summed E-state index contributed by atoms with van der Waals surface area (Å²) in [7, 11) is 0. The lowest BCUT2D eigenvalue weighted by Crippen LogP contribution is -2.39. The summed E-state index contributed by atoms with van der Waals surface area (Å²) < 4.78 is 12.2. The maximum atomic E-state index is 6.09. The van der Waals surface area contributed by atoms with Crippen molar-refractivity contribution in [3.05, 3.63) is 0 Å². The summed E-state index contributed by atoms with van der Waals surface area (Å²) in [4.78, 5) is 0. The van der Waals surface area contributed by atoms with E-state index < -0.39 is 0 Å². The number of hydrogen-bond donors (Lipinski definition) is 0. The third-order valence-corrected chi connectivity index (χ3v) is 6.90. The molecule has 0 aromatic heterocycles. The van der Waals surface area contributed by atoms with Gasteiger partial charge in [-0.3, -0.25) is 0 Å². The minimum Gasteiger partial charge on any atom is -0.352 e. The molecular weight excluding hydrogens is 284 g/mol. The molecule has 2 saturated carbocycles. The molecule has 1 saturated heterocycles. The molecule has 0 aromatic carbocycles. The molecule has 2 nitrogen and oxygen atoms in total. The average Bonchev–Trinajstić information content (AvgIpc) is 2.61. The molecule has 3 aliphatic rings. The molecule has 2 aliphatic carbocycles. The van der Waals surface area contributed by atoms with E-state index in [1.54, 1.807) is 0 Å². The summed E-state index contributed by atoms with van der Waals surface area (Å²) >= 11 is 0. The van der Waals surface area contributed by atoms with E-state index in [1.807, 2.05) is 0 Å². The fourth-order valence-electron chi connectivity index (χ4n) is 5.33. The Morgan fingerprint density at radius 2 is 1.35 bits per heavy atom. The number of ether oxygens (including phenoxy) is 2. The van der Waals surface area contributed by atoms with Crippen molar-refractivity contribution >= 4 is 0 Å². The molecular formula is C21H38O2. The monoisotopic (exact) mass is 322 g/mol. The lowest BCUT2D eigenvalue weighted by Gasteiger charge is -2.41. The van der Waals surface area contributed by atoms with E-state index >= 15 is 0 Å². The molecule has 3 fully saturated rings. The molecule has 1 unspecified atom stereocenters. The molecule has 3 rings (SSSR count). The Bertz CT molecular complexity index is 321. The Labute approximate surface area is 143 Å². The van der Waals surface area contributed by atoms with Crippen LogP contribution in [0.1, 0.15) is 84.5 Å². The van der Waals surface area contributed by atoms with Gasteiger partial charge in [0.25, 0.3) is 0 Å². The van der Waals surface area contributed by atoms with Crippen LogP contribution in [0.5, 0.6) is 0 Å².